The zero-order valence-electron chi connectivity index (χ0n) is 15.9. The molecule has 0 aliphatic carbocycles. The van der Waals surface area contributed by atoms with Crippen LogP contribution in [-0.4, -0.2) is 32.3 Å². The Morgan fingerprint density at radius 3 is 2.46 bits per heavy atom. The summed E-state index contributed by atoms with van der Waals surface area (Å²) in [7, 11) is 0. The third-order valence-corrected chi connectivity index (χ3v) is 5.75. The first kappa shape index (κ1) is 20.6. The molecule has 2 aromatic rings. The number of carbonyl (C=O) groups excluding carboxylic acids is 1. The van der Waals surface area contributed by atoms with Gasteiger partial charge in [-0.15, -0.1) is 12.4 Å². The van der Waals surface area contributed by atoms with Crippen LogP contribution < -0.4 is 15.8 Å². The first-order valence-electron chi connectivity index (χ1n) is 9.61. The molecule has 2 heterocycles. The first-order chi connectivity index (χ1) is 13.2. The van der Waals surface area contributed by atoms with Crippen LogP contribution in [0.2, 0.25) is 0 Å². The lowest BCUT2D eigenvalue weighted by Crippen LogP contribution is -2.48. The Balaban J connectivity index is 0.00000225. The Labute approximate surface area is 172 Å². The van der Waals surface area contributed by atoms with Crippen LogP contribution in [0.4, 0.5) is 0 Å². The van der Waals surface area contributed by atoms with Crippen molar-refractivity contribution in [3.63, 3.8) is 0 Å². The van der Waals surface area contributed by atoms with Gasteiger partial charge in [0.2, 0.25) is 5.91 Å². The zero-order chi connectivity index (χ0) is 18.7. The first-order valence-corrected chi connectivity index (χ1v) is 9.61. The summed E-state index contributed by atoms with van der Waals surface area (Å²) in [5, 5.41) is 3.06. The average Bonchev–Trinajstić information content (AvgIpc) is 3.20. The minimum Gasteiger partial charge on any atom is -0.493 e. The van der Waals surface area contributed by atoms with Crippen molar-refractivity contribution in [3.05, 3.63) is 53.6 Å². The van der Waals surface area contributed by atoms with E-state index < -0.39 is 5.41 Å². The minimum atomic E-state index is -0.481. The molecule has 0 saturated carbocycles. The van der Waals surface area contributed by atoms with E-state index in [1.807, 2.05) is 6.07 Å². The number of carbonyl (C=O) groups is 1. The van der Waals surface area contributed by atoms with E-state index >= 15 is 0 Å². The van der Waals surface area contributed by atoms with E-state index in [1.54, 1.807) is 0 Å². The molecule has 2 aliphatic heterocycles. The Morgan fingerprint density at radius 1 is 1.04 bits per heavy atom. The zero-order valence-corrected chi connectivity index (χ0v) is 16.7. The van der Waals surface area contributed by atoms with Crippen LogP contribution in [0.15, 0.2) is 42.5 Å². The molecule has 0 unspecified atom stereocenters. The highest BCUT2D eigenvalue weighted by atomic mass is 35.5. The molecule has 1 amide bonds. The maximum Gasteiger partial charge on any atom is 0.227 e. The topological polar surface area (TPSA) is 73.6 Å². The van der Waals surface area contributed by atoms with E-state index in [0.29, 0.717) is 39.1 Å². The van der Waals surface area contributed by atoms with Crippen molar-refractivity contribution in [3.8, 4) is 16.9 Å². The highest BCUT2D eigenvalue weighted by Gasteiger charge is 2.38. The molecule has 0 bridgehead atoms. The third kappa shape index (κ3) is 4.17. The van der Waals surface area contributed by atoms with E-state index in [1.165, 1.54) is 16.7 Å². The summed E-state index contributed by atoms with van der Waals surface area (Å²) in [4.78, 5) is 12.7. The lowest BCUT2D eigenvalue weighted by atomic mass is 9.79. The van der Waals surface area contributed by atoms with Crippen LogP contribution in [0, 0.1) is 5.41 Å². The quantitative estimate of drug-likeness (QED) is 0.806. The molecule has 4 rings (SSSR count). The normalized spacial score (nSPS) is 17.2. The van der Waals surface area contributed by atoms with Crippen molar-refractivity contribution in [2.24, 2.45) is 11.1 Å². The molecular formula is C22H27ClN2O3. The lowest BCUT2D eigenvalue weighted by molar-refractivity contribution is -0.136. The third-order valence-electron chi connectivity index (χ3n) is 5.75. The average molecular weight is 403 g/mol. The standard InChI is InChI=1S/C22H26N2O3.ClH/c23-15-22(8-11-26-12-9-22)21(25)24-14-16-1-3-17(4-2-16)18-5-6-20-19(13-18)7-10-27-20;/h1-6,13H,7-12,14-15,23H2,(H,24,25);1H. The van der Waals surface area contributed by atoms with Gasteiger partial charge in [-0.3, -0.25) is 4.79 Å². The SMILES string of the molecule is Cl.NCC1(C(=O)NCc2ccc(-c3ccc4c(c3)CCO4)cc2)CCOCC1. The van der Waals surface area contributed by atoms with Gasteiger partial charge >= 0.3 is 0 Å². The molecule has 0 aromatic heterocycles. The summed E-state index contributed by atoms with van der Waals surface area (Å²) in [5.41, 5.74) is 10.1. The molecule has 6 heteroatoms. The molecular weight excluding hydrogens is 376 g/mol. The Kier molecular flexibility index (Phi) is 6.60. The molecule has 2 aromatic carbocycles. The van der Waals surface area contributed by atoms with Crippen molar-refractivity contribution >= 4 is 18.3 Å². The predicted octanol–water partition coefficient (Wildman–Crippen LogP) is 3.08. The number of rotatable bonds is 5. The van der Waals surface area contributed by atoms with Gasteiger partial charge in [-0.2, -0.15) is 0 Å². The number of fused-ring (bicyclic) bond motifs is 1. The fourth-order valence-corrected chi connectivity index (χ4v) is 3.84. The number of nitrogens with one attached hydrogen (secondary N) is 1. The van der Waals surface area contributed by atoms with E-state index in [0.717, 1.165) is 24.3 Å². The monoisotopic (exact) mass is 402 g/mol. The molecule has 3 N–H and O–H groups in total. The van der Waals surface area contributed by atoms with E-state index in [2.05, 4.69) is 41.7 Å². The summed E-state index contributed by atoms with van der Waals surface area (Å²) < 4.78 is 11.0. The van der Waals surface area contributed by atoms with Crippen LogP contribution >= 0.6 is 12.4 Å². The molecule has 0 spiro atoms. The summed E-state index contributed by atoms with van der Waals surface area (Å²) in [6.07, 6.45) is 2.36. The highest BCUT2D eigenvalue weighted by molar-refractivity contribution is 5.85. The lowest BCUT2D eigenvalue weighted by Gasteiger charge is -2.34. The molecule has 28 heavy (non-hydrogen) atoms. The maximum absolute atomic E-state index is 12.7. The number of halogens is 1. The smallest absolute Gasteiger partial charge is 0.227 e. The second-order valence-corrected chi connectivity index (χ2v) is 7.40. The maximum atomic E-state index is 12.7. The molecule has 1 saturated heterocycles. The summed E-state index contributed by atoms with van der Waals surface area (Å²) >= 11 is 0. The highest BCUT2D eigenvalue weighted by Crippen LogP contribution is 2.31. The summed E-state index contributed by atoms with van der Waals surface area (Å²) in [6.45, 7) is 2.85. The van der Waals surface area contributed by atoms with Gasteiger partial charge in [0.1, 0.15) is 5.75 Å². The van der Waals surface area contributed by atoms with Gasteiger partial charge in [-0.25, -0.2) is 0 Å². The summed E-state index contributed by atoms with van der Waals surface area (Å²) in [6, 6.07) is 14.7. The van der Waals surface area contributed by atoms with Crippen LogP contribution in [0.3, 0.4) is 0 Å². The van der Waals surface area contributed by atoms with Gasteiger partial charge < -0.3 is 20.5 Å². The number of benzene rings is 2. The second kappa shape index (κ2) is 8.95. The van der Waals surface area contributed by atoms with Crippen LogP contribution in [0.5, 0.6) is 5.75 Å². The van der Waals surface area contributed by atoms with E-state index in [-0.39, 0.29) is 18.3 Å². The van der Waals surface area contributed by atoms with E-state index in [9.17, 15) is 4.79 Å². The molecule has 0 atom stereocenters. The molecule has 1 fully saturated rings. The summed E-state index contributed by atoms with van der Waals surface area (Å²) in [5.74, 6) is 1.04. The fourth-order valence-electron chi connectivity index (χ4n) is 3.84. The number of nitrogens with two attached hydrogens (primary N) is 1. The molecule has 2 aliphatic rings. The van der Waals surface area contributed by atoms with Crippen LogP contribution in [0.25, 0.3) is 11.1 Å². The van der Waals surface area contributed by atoms with Crippen molar-refractivity contribution in [2.75, 3.05) is 26.4 Å². The Hall–Kier alpha value is -2.08. The van der Waals surface area contributed by atoms with Gasteiger partial charge in [0.05, 0.1) is 12.0 Å². The van der Waals surface area contributed by atoms with Crippen molar-refractivity contribution in [1.29, 1.82) is 0 Å². The van der Waals surface area contributed by atoms with E-state index in [4.69, 9.17) is 15.2 Å². The van der Waals surface area contributed by atoms with Gasteiger partial charge in [-0.1, -0.05) is 30.3 Å². The molecule has 150 valence electrons. The van der Waals surface area contributed by atoms with Crippen molar-refractivity contribution in [2.45, 2.75) is 25.8 Å². The minimum absolute atomic E-state index is 0. The number of hydrogen-bond acceptors (Lipinski definition) is 4. The molecule has 5 nitrogen and oxygen atoms in total. The largest absolute Gasteiger partial charge is 0.493 e. The predicted molar refractivity (Wildman–Crippen MR) is 112 cm³/mol. The fraction of sp³-hybridized carbons (Fsp3) is 0.409. The van der Waals surface area contributed by atoms with Gasteiger partial charge in [-0.05, 0) is 47.2 Å². The Morgan fingerprint density at radius 2 is 1.75 bits per heavy atom. The number of hydrogen-bond donors (Lipinski definition) is 2. The Bertz CT molecular complexity index is 817. The molecule has 0 radical (unpaired) electrons. The van der Waals surface area contributed by atoms with Crippen molar-refractivity contribution in [1.82, 2.24) is 5.32 Å². The number of ether oxygens (including phenoxy) is 2. The van der Waals surface area contributed by atoms with Gasteiger partial charge in [0, 0.05) is 32.7 Å². The van der Waals surface area contributed by atoms with Gasteiger partial charge in [0.15, 0.2) is 0 Å². The second-order valence-electron chi connectivity index (χ2n) is 7.40. The van der Waals surface area contributed by atoms with Crippen LogP contribution in [0.1, 0.15) is 24.0 Å². The van der Waals surface area contributed by atoms with Crippen molar-refractivity contribution < 1.29 is 14.3 Å². The number of amides is 1. The van der Waals surface area contributed by atoms with Gasteiger partial charge in [0.25, 0.3) is 0 Å². The van der Waals surface area contributed by atoms with Crippen LogP contribution in [-0.2, 0) is 22.5 Å².